The van der Waals surface area contributed by atoms with E-state index in [9.17, 15) is 23.4 Å². The Labute approximate surface area is 162 Å². The van der Waals surface area contributed by atoms with E-state index in [4.69, 9.17) is 4.74 Å². The minimum absolute atomic E-state index is 0.131. The molecule has 0 amide bonds. The van der Waals surface area contributed by atoms with Gasteiger partial charge in [0.1, 0.15) is 18.5 Å². The lowest BCUT2D eigenvalue weighted by Gasteiger charge is -2.31. The molecule has 1 aliphatic heterocycles. The van der Waals surface area contributed by atoms with Crippen LogP contribution in [0, 0.1) is 0 Å². The molecular weight excluding hydrogens is 371 g/mol. The highest BCUT2D eigenvalue weighted by Gasteiger charge is 2.30. The first kappa shape index (κ1) is 20.6. The van der Waals surface area contributed by atoms with Gasteiger partial charge in [-0.15, -0.1) is 0 Å². The molecule has 7 heteroatoms. The number of rotatable bonds is 6. The van der Waals surface area contributed by atoms with Gasteiger partial charge in [0.15, 0.2) is 0 Å². The highest BCUT2D eigenvalue weighted by molar-refractivity contribution is 5.64. The summed E-state index contributed by atoms with van der Waals surface area (Å²) in [6, 6.07) is 12.0. The predicted octanol–water partition coefficient (Wildman–Crippen LogP) is 3.57. The minimum Gasteiger partial charge on any atom is -0.491 e. The number of aliphatic hydroxyl groups excluding tert-OH is 2. The first-order chi connectivity index (χ1) is 13.3. The van der Waals surface area contributed by atoms with Crippen LogP contribution in [0.2, 0.25) is 0 Å². The summed E-state index contributed by atoms with van der Waals surface area (Å²) < 4.78 is 43.5. The normalized spacial score (nSPS) is 19.4. The van der Waals surface area contributed by atoms with Crippen LogP contribution in [0.1, 0.15) is 18.4 Å². The molecule has 2 aromatic rings. The Hall–Kier alpha value is -2.09. The molecule has 0 spiro atoms. The molecule has 1 aliphatic rings. The molecule has 2 aromatic carbocycles. The van der Waals surface area contributed by atoms with Crippen LogP contribution in [0.3, 0.4) is 0 Å². The van der Waals surface area contributed by atoms with Crippen molar-refractivity contribution in [3.63, 3.8) is 0 Å². The van der Waals surface area contributed by atoms with Crippen molar-refractivity contribution in [2.24, 2.45) is 0 Å². The van der Waals surface area contributed by atoms with Crippen molar-refractivity contribution in [1.82, 2.24) is 4.90 Å². The fraction of sp³-hybridized carbons (Fsp3) is 0.429. The maximum atomic E-state index is 12.6. The van der Waals surface area contributed by atoms with Crippen LogP contribution < -0.4 is 4.74 Å². The van der Waals surface area contributed by atoms with Crippen LogP contribution in [0.15, 0.2) is 48.5 Å². The van der Waals surface area contributed by atoms with E-state index in [2.05, 4.69) is 0 Å². The average Bonchev–Trinajstić information content (AvgIpc) is 2.66. The highest BCUT2D eigenvalue weighted by Crippen LogP contribution is 2.31. The van der Waals surface area contributed by atoms with Crippen molar-refractivity contribution in [2.75, 3.05) is 26.2 Å². The van der Waals surface area contributed by atoms with Gasteiger partial charge in [-0.1, -0.05) is 24.3 Å². The lowest BCUT2D eigenvalue weighted by atomic mass is 10.0. The summed E-state index contributed by atoms with van der Waals surface area (Å²) in [5, 5.41) is 19.8. The SMILES string of the molecule is OC1CCCN(CC(O)COc2ccc(-c3ccc(C(F)(F)F)cc3)cc2)C1. The second-order valence-corrected chi connectivity index (χ2v) is 7.12. The van der Waals surface area contributed by atoms with E-state index >= 15 is 0 Å². The van der Waals surface area contributed by atoms with Crippen LogP contribution in [0.5, 0.6) is 5.75 Å². The zero-order valence-corrected chi connectivity index (χ0v) is 15.4. The molecule has 3 rings (SSSR count). The average molecular weight is 395 g/mol. The first-order valence-corrected chi connectivity index (χ1v) is 9.30. The van der Waals surface area contributed by atoms with Gasteiger partial charge in [0.05, 0.1) is 11.7 Å². The summed E-state index contributed by atoms with van der Waals surface area (Å²) in [6.45, 7) is 2.00. The Bertz CT molecular complexity index is 747. The third-order valence-electron chi connectivity index (χ3n) is 4.79. The monoisotopic (exact) mass is 395 g/mol. The molecule has 2 atom stereocenters. The van der Waals surface area contributed by atoms with Gasteiger partial charge in [0.2, 0.25) is 0 Å². The third kappa shape index (κ3) is 5.70. The maximum Gasteiger partial charge on any atom is 0.416 e. The second-order valence-electron chi connectivity index (χ2n) is 7.12. The summed E-state index contributed by atoms with van der Waals surface area (Å²) >= 11 is 0. The van der Waals surface area contributed by atoms with Crippen molar-refractivity contribution < 1.29 is 28.1 Å². The molecule has 1 fully saturated rings. The number of piperidine rings is 1. The third-order valence-corrected chi connectivity index (χ3v) is 4.79. The molecule has 1 heterocycles. The fourth-order valence-electron chi connectivity index (χ4n) is 3.34. The van der Waals surface area contributed by atoms with E-state index in [1.807, 2.05) is 4.90 Å². The number of aliphatic hydroxyl groups is 2. The van der Waals surface area contributed by atoms with E-state index in [0.29, 0.717) is 24.4 Å². The van der Waals surface area contributed by atoms with Crippen LogP contribution in [0.25, 0.3) is 11.1 Å². The smallest absolute Gasteiger partial charge is 0.416 e. The molecule has 0 saturated carbocycles. The van der Waals surface area contributed by atoms with Crippen molar-refractivity contribution in [2.45, 2.75) is 31.2 Å². The lowest BCUT2D eigenvalue weighted by Crippen LogP contribution is -2.43. The lowest BCUT2D eigenvalue weighted by molar-refractivity contribution is -0.137. The van der Waals surface area contributed by atoms with Crippen LogP contribution >= 0.6 is 0 Å². The van der Waals surface area contributed by atoms with Gasteiger partial charge in [0.25, 0.3) is 0 Å². The van der Waals surface area contributed by atoms with E-state index in [1.54, 1.807) is 24.3 Å². The predicted molar refractivity (Wildman–Crippen MR) is 100 cm³/mol. The Morgan fingerprint density at radius 1 is 1.04 bits per heavy atom. The number of alkyl halides is 3. The number of ether oxygens (including phenoxy) is 1. The quantitative estimate of drug-likeness (QED) is 0.785. The fourth-order valence-corrected chi connectivity index (χ4v) is 3.34. The summed E-state index contributed by atoms with van der Waals surface area (Å²) in [5.41, 5.74) is 0.790. The number of hydrogen-bond donors (Lipinski definition) is 2. The van der Waals surface area contributed by atoms with Gasteiger partial charge in [0, 0.05) is 13.1 Å². The molecule has 0 aromatic heterocycles. The summed E-state index contributed by atoms with van der Waals surface area (Å²) in [5.74, 6) is 0.577. The second kappa shape index (κ2) is 8.94. The Morgan fingerprint density at radius 3 is 2.21 bits per heavy atom. The van der Waals surface area contributed by atoms with E-state index in [-0.39, 0.29) is 12.7 Å². The summed E-state index contributed by atoms with van der Waals surface area (Å²) in [6.07, 6.45) is -3.63. The van der Waals surface area contributed by atoms with E-state index in [1.165, 1.54) is 12.1 Å². The van der Waals surface area contributed by atoms with Gasteiger partial charge in [-0.25, -0.2) is 0 Å². The van der Waals surface area contributed by atoms with Crippen LogP contribution in [-0.4, -0.2) is 53.6 Å². The van der Waals surface area contributed by atoms with Gasteiger partial charge in [-0.3, -0.25) is 4.90 Å². The van der Waals surface area contributed by atoms with Gasteiger partial charge >= 0.3 is 6.18 Å². The van der Waals surface area contributed by atoms with Crippen molar-refractivity contribution in [1.29, 1.82) is 0 Å². The largest absolute Gasteiger partial charge is 0.491 e. The Balaban J connectivity index is 1.51. The van der Waals surface area contributed by atoms with Crippen LogP contribution in [-0.2, 0) is 6.18 Å². The first-order valence-electron chi connectivity index (χ1n) is 9.30. The Morgan fingerprint density at radius 2 is 1.64 bits per heavy atom. The number of halogens is 3. The van der Waals surface area contributed by atoms with Crippen LogP contribution in [0.4, 0.5) is 13.2 Å². The molecular formula is C21H24F3NO3. The number of likely N-dealkylation sites (tertiary alicyclic amines) is 1. The zero-order valence-electron chi connectivity index (χ0n) is 15.4. The summed E-state index contributed by atoms with van der Waals surface area (Å²) in [7, 11) is 0. The van der Waals surface area contributed by atoms with Crippen molar-refractivity contribution in [3.8, 4) is 16.9 Å². The number of nitrogens with zero attached hydrogens (tertiary/aromatic N) is 1. The minimum atomic E-state index is -4.34. The molecule has 152 valence electrons. The number of benzene rings is 2. The Kier molecular flexibility index (Phi) is 6.59. The number of hydrogen-bond acceptors (Lipinski definition) is 4. The van der Waals surface area contributed by atoms with Gasteiger partial charge in [-0.05, 0) is 54.8 Å². The summed E-state index contributed by atoms with van der Waals surface area (Å²) in [4.78, 5) is 2.02. The van der Waals surface area contributed by atoms with E-state index < -0.39 is 17.8 Å². The topological polar surface area (TPSA) is 52.9 Å². The van der Waals surface area contributed by atoms with E-state index in [0.717, 1.165) is 37.1 Å². The zero-order chi connectivity index (χ0) is 20.1. The molecule has 2 N–H and O–H groups in total. The van der Waals surface area contributed by atoms with Crippen molar-refractivity contribution in [3.05, 3.63) is 54.1 Å². The molecule has 0 bridgehead atoms. The molecule has 1 saturated heterocycles. The molecule has 28 heavy (non-hydrogen) atoms. The molecule has 2 unspecified atom stereocenters. The van der Waals surface area contributed by atoms with Gasteiger partial charge < -0.3 is 14.9 Å². The maximum absolute atomic E-state index is 12.6. The molecule has 0 radical (unpaired) electrons. The molecule has 0 aliphatic carbocycles. The highest BCUT2D eigenvalue weighted by atomic mass is 19.4. The van der Waals surface area contributed by atoms with Gasteiger partial charge in [-0.2, -0.15) is 13.2 Å². The number of β-amino-alcohol motifs (C(OH)–C–C–N with tert-alkyl or cyclic N) is 2. The standard InChI is InChI=1S/C21H24F3NO3/c22-21(23,24)17-7-3-15(4-8-17)16-5-9-20(10-6-16)28-14-19(27)13-25-11-1-2-18(26)12-25/h3-10,18-19,26-27H,1-2,11-14H2. The molecule has 4 nitrogen and oxygen atoms in total. The van der Waals surface area contributed by atoms with Crippen molar-refractivity contribution >= 4 is 0 Å².